The Morgan fingerprint density at radius 3 is 1.29 bits per heavy atom. The Bertz CT molecular complexity index is 138. The number of rotatable bonds is 4. The lowest BCUT2D eigenvalue weighted by molar-refractivity contribution is -0.143. The maximum atomic E-state index is 11.7. The normalized spacial score (nSPS) is 13.7. The van der Waals surface area contributed by atoms with E-state index in [0.29, 0.717) is 0 Å². The largest absolute Gasteiger partial charge is 0.389 e. The van der Waals surface area contributed by atoms with Crippen molar-refractivity contribution in [3.8, 4) is 0 Å². The van der Waals surface area contributed by atoms with Crippen LogP contribution in [0.25, 0.3) is 0 Å². The zero-order chi connectivity index (χ0) is 11.4. The first kappa shape index (κ1) is 13.6. The van der Waals surface area contributed by atoms with Crippen LogP contribution in [0.15, 0.2) is 0 Å². The fourth-order valence-electron chi connectivity index (χ4n) is 0.964. The topological polar surface area (TPSA) is 0 Å². The summed E-state index contributed by atoms with van der Waals surface area (Å²) in [5.74, 6) is -0.543. The van der Waals surface area contributed by atoms with Gasteiger partial charge in [-0.1, -0.05) is 6.92 Å². The lowest BCUT2D eigenvalue weighted by Gasteiger charge is -2.13. The molecule has 0 rings (SSSR count). The van der Waals surface area contributed by atoms with Gasteiger partial charge in [0.15, 0.2) is 0 Å². The molecular weight excluding hydrogens is 210 g/mol. The Morgan fingerprint density at radius 1 is 0.786 bits per heavy atom. The lowest BCUT2D eigenvalue weighted by Crippen LogP contribution is -2.12. The molecule has 0 aliphatic rings. The Kier molecular flexibility index (Phi) is 4.74. The van der Waals surface area contributed by atoms with Gasteiger partial charge in [-0.05, 0) is 18.8 Å². The van der Waals surface area contributed by atoms with Crippen molar-refractivity contribution in [2.45, 2.75) is 45.0 Å². The fraction of sp³-hybridized carbons (Fsp3) is 1.00. The van der Waals surface area contributed by atoms with E-state index in [1.54, 1.807) is 0 Å². The summed E-state index contributed by atoms with van der Waals surface area (Å²) in [5.41, 5.74) is 0. The molecule has 0 amide bonds. The predicted molar refractivity (Wildman–Crippen MR) is 39.7 cm³/mol. The molecule has 0 aliphatic carbocycles. The van der Waals surface area contributed by atoms with Crippen molar-refractivity contribution >= 4 is 0 Å². The zero-order valence-corrected chi connectivity index (χ0v) is 7.67. The molecule has 0 fully saturated rings. The first-order valence-electron chi connectivity index (χ1n) is 4.23. The average molecular weight is 222 g/mol. The number of hydrogen-bond donors (Lipinski definition) is 0. The van der Waals surface area contributed by atoms with Crippen LogP contribution in [0.4, 0.5) is 26.3 Å². The van der Waals surface area contributed by atoms with Gasteiger partial charge in [-0.2, -0.15) is 26.3 Å². The van der Waals surface area contributed by atoms with Crippen LogP contribution in [0, 0.1) is 5.92 Å². The minimum atomic E-state index is -4.27. The lowest BCUT2D eigenvalue weighted by atomic mass is 9.99. The zero-order valence-electron chi connectivity index (χ0n) is 7.67. The summed E-state index contributed by atoms with van der Waals surface area (Å²) in [6.07, 6.45) is -11.0. The molecule has 0 aromatic rings. The molecule has 0 aromatic heterocycles. The second-order valence-corrected chi connectivity index (χ2v) is 3.41. The van der Waals surface area contributed by atoms with E-state index in [-0.39, 0.29) is 12.8 Å². The van der Waals surface area contributed by atoms with Gasteiger partial charge in [0.25, 0.3) is 0 Å². The van der Waals surface area contributed by atoms with Crippen LogP contribution in [-0.4, -0.2) is 12.4 Å². The molecule has 6 heteroatoms. The summed E-state index contributed by atoms with van der Waals surface area (Å²) in [6.45, 7) is 1.40. The Labute approximate surface area is 78.3 Å². The van der Waals surface area contributed by atoms with E-state index in [4.69, 9.17) is 0 Å². The quantitative estimate of drug-likeness (QED) is 0.622. The molecule has 0 N–H and O–H groups in total. The van der Waals surface area contributed by atoms with Gasteiger partial charge < -0.3 is 0 Å². The number of hydrogen-bond acceptors (Lipinski definition) is 0. The van der Waals surface area contributed by atoms with Crippen molar-refractivity contribution < 1.29 is 26.3 Å². The van der Waals surface area contributed by atoms with E-state index < -0.39 is 31.1 Å². The maximum Gasteiger partial charge on any atom is 0.389 e. The molecule has 0 bridgehead atoms. The molecule has 0 heterocycles. The molecule has 0 spiro atoms. The van der Waals surface area contributed by atoms with Crippen LogP contribution in [0.1, 0.15) is 32.6 Å². The molecule has 86 valence electrons. The third kappa shape index (κ3) is 9.67. The molecule has 0 radical (unpaired) electrons. The number of alkyl halides is 6. The van der Waals surface area contributed by atoms with Crippen molar-refractivity contribution in [2.75, 3.05) is 0 Å². The SMILES string of the molecule is CC(CCC(F)(F)F)CCC(F)(F)F. The highest BCUT2D eigenvalue weighted by molar-refractivity contribution is 4.60. The van der Waals surface area contributed by atoms with E-state index in [2.05, 4.69) is 0 Å². The van der Waals surface area contributed by atoms with Crippen molar-refractivity contribution in [1.29, 1.82) is 0 Å². The third-order valence-electron chi connectivity index (χ3n) is 1.84. The van der Waals surface area contributed by atoms with Crippen LogP contribution < -0.4 is 0 Å². The van der Waals surface area contributed by atoms with Crippen molar-refractivity contribution in [3.63, 3.8) is 0 Å². The van der Waals surface area contributed by atoms with Crippen molar-refractivity contribution in [3.05, 3.63) is 0 Å². The Hall–Kier alpha value is -0.420. The molecule has 0 saturated carbocycles. The van der Waals surface area contributed by atoms with Crippen molar-refractivity contribution in [2.24, 2.45) is 5.92 Å². The summed E-state index contributed by atoms with van der Waals surface area (Å²) in [4.78, 5) is 0. The van der Waals surface area contributed by atoms with E-state index in [1.165, 1.54) is 6.92 Å². The van der Waals surface area contributed by atoms with E-state index >= 15 is 0 Å². The first-order valence-corrected chi connectivity index (χ1v) is 4.23. The van der Waals surface area contributed by atoms with Gasteiger partial charge in [0.05, 0.1) is 0 Å². The van der Waals surface area contributed by atoms with Gasteiger partial charge in [-0.25, -0.2) is 0 Å². The van der Waals surface area contributed by atoms with E-state index in [0.717, 1.165) is 0 Å². The highest BCUT2D eigenvalue weighted by Gasteiger charge is 2.30. The Morgan fingerprint density at radius 2 is 1.07 bits per heavy atom. The van der Waals surface area contributed by atoms with Crippen LogP contribution in [-0.2, 0) is 0 Å². The molecule has 14 heavy (non-hydrogen) atoms. The first-order chi connectivity index (χ1) is 6.10. The second kappa shape index (κ2) is 4.89. The van der Waals surface area contributed by atoms with Gasteiger partial charge in [-0.15, -0.1) is 0 Å². The van der Waals surface area contributed by atoms with Crippen LogP contribution in [0.5, 0.6) is 0 Å². The molecule has 0 saturated heterocycles. The van der Waals surface area contributed by atoms with Crippen molar-refractivity contribution in [1.82, 2.24) is 0 Å². The van der Waals surface area contributed by atoms with E-state index in [9.17, 15) is 26.3 Å². The maximum absolute atomic E-state index is 11.7. The summed E-state index contributed by atoms with van der Waals surface area (Å²) in [7, 11) is 0. The van der Waals surface area contributed by atoms with Gasteiger partial charge in [0.2, 0.25) is 0 Å². The molecule has 0 nitrogen and oxygen atoms in total. The van der Waals surface area contributed by atoms with Gasteiger partial charge in [0, 0.05) is 12.8 Å². The molecule has 0 unspecified atom stereocenters. The fourth-order valence-corrected chi connectivity index (χ4v) is 0.964. The molecular formula is C8H12F6. The highest BCUT2D eigenvalue weighted by atomic mass is 19.4. The highest BCUT2D eigenvalue weighted by Crippen LogP contribution is 2.29. The van der Waals surface area contributed by atoms with Crippen LogP contribution >= 0.6 is 0 Å². The van der Waals surface area contributed by atoms with E-state index in [1.807, 2.05) is 0 Å². The molecule has 0 atom stereocenters. The summed E-state index contributed by atoms with van der Waals surface area (Å²) >= 11 is 0. The van der Waals surface area contributed by atoms with Crippen LogP contribution in [0.2, 0.25) is 0 Å². The average Bonchev–Trinajstić information content (AvgIpc) is 1.94. The monoisotopic (exact) mass is 222 g/mol. The second-order valence-electron chi connectivity index (χ2n) is 3.41. The Balaban J connectivity index is 3.62. The molecule has 0 aromatic carbocycles. The third-order valence-corrected chi connectivity index (χ3v) is 1.84. The van der Waals surface area contributed by atoms with Gasteiger partial charge in [-0.3, -0.25) is 0 Å². The standard InChI is InChI=1S/C8H12F6/c1-6(2-4-7(9,10)11)3-5-8(12,13)14/h6H,2-5H2,1H3. The van der Waals surface area contributed by atoms with Gasteiger partial charge >= 0.3 is 12.4 Å². The summed E-state index contributed by atoms with van der Waals surface area (Å²) in [6, 6.07) is 0. The smallest absolute Gasteiger partial charge is 0.171 e. The summed E-state index contributed by atoms with van der Waals surface area (Å²) < 4.78 is 70.0. The minimum absolute atomic E-state index is 0.237. The minimum Gasteiger partial charge on any atom is -0.171 e. The summed E-state index contributed by atoms with van der Waals surface area (Å²) in [5, 5.41) is 0. The number of halogens is 6. The predicted octanol–water partition coefficient (Wildman–Crippen LogP) is 4.31. The van der Waals surface area contributed by atoms with Gasteiger partial charge in [0.1, 0.15) is 0 Å². The molecule has 0 aliphatic heterocycles. The van der Waals surface area contributed by atoms with Crippen LogP contribution in [0.3, 0.4) is 0 Å².